The number of nitro groups is 1. The van der Waals surface area contributed by atoms with E-state index in [0.29, 0.717) is 6.54 Å². The quantitative estimate of drug-likeness (QED) is 0.556. The van der Waals surface area contributed by atoms with E-state index in [9.17, 15) is 14.9 Å². The number of likely N-dealkylation sites (N-methyl/N-ethyl adjacent to an activating group) is 1. The molecule has 2 rings (SSSR count). The highest BCUT2D eigenvalue weighted by Gasteiger charge is 2.33. The van der Waals surface area contributed by atoms with Gasteiger partial charge >= 0.3 is 11.7 Å². The lowest BCUT2D eigenvalue weighted by Gasteiger charge is -2.42. The minimum atomic E-state index is -0.816. The van der Waals surface area contributed by atoms with Gasteiger partial charge in [-0.3, -0.25) is 19.8 Å². The average Bonchev–Trinajstić information content (AvgIpc) is 2.47. The molecule has 0 radical (unpaired) electrons. The maximum Gasteiger partial charge on any atom is 0.317 e. The highest BCUT2D eigenvalue weighted by atomic mass is 16.6. The van der Waals surface area contributed by atoms with Crippen LogP contribution in [0.4, 0.5) is 11.4 Å². The van der Waals surface area contributed by atoms with Crippen molar-refractivity contribution < 1.29 is 19.6 Å². The molecule has 0 unspecified atom stereocenters. The Kier molecular flexibility index (Phi) is 5.38. The molecular formula is C15H21N3O5. The van der Waals surface area contributed by atoms with E-state index < -0.39 is 10.9 Å². The third-order valence-electron chi connectivity index (χ3n) is 4.12. The van der Waals surface area contributed by atoms with Gasteiger partial charge in [-0.1, -0.05) is 6.92 Å². The molecule has 126 valence electrons. The minimum Gasteiger partial charge on any atom is -0.490 e. The van der Waals surface area contributed by atoms with Crippen molar-refractivity contribution in [2.45, 2.75) is 31.8 Å². The van der Waals surface area contributed by atoms with Crippen molar-refractivity contribution in [1.29, 1.82) is 0 Å². The van der Waals surface area contributed by atoms with Crippen LogP contribution in [0.3, 0.4) is 0 Å². The molecule has 0 spiro atoms. The van der Waals surface area contributed by atoms with E-state index in [0.717, 1.165) is 18.5 Å². The number of hydrogen-bond acceptors (Lipinski definition) is 6. The molecule has 1 fully saturated rings. The lowest BCUT2D eigenvalue weighted by Crippen LogP contribution is -2.51. The Morgan fingerprint density at radius 2 is 2.22 bits per heavy atom. The Balaban J connectivity index is 1.92. The fourth-order valence-electron chi connectivity index (χ4n) is 2.83. The van der Waals surface area contributed by atoms with Crippen LogP contribution in [0.5, 0.6) is 5.75 Å². The molecule has 0 aliphatic heterocycles. The van der Waals surface area contributed by atoms with Gasteiger partial charge < -0.3 is 15.2 Å². The van der Waals surface area contributed by atoms with Gasteiger partial charge in [-0.25, -0.2) is 0 Å². The third-order valence-corrected chi connectivity index (χ3v) is 4.12. The predicted octanol–water partition coefficient (Wildman–Crippen LogP) is 1.95. The van der Waals surface area contributed by atoms with Crippen LogP contribution in [0.2, 0.25) is 0 Å². The highest BCUT2D eigenvalue weighted by molar-refractivity contribution is 5.69. The van der Waals surface area contributed by atoms with Gasteiger partial charge in [0.2, 0.25) is 0 Å². The van der Waals surface area contributed by atoms with Crippen LogP contribution in [-0.2, 0) is 4.79 Å². The average molecular weight is 323 g/mol. The number of rotatable bonds is 8. The number of nitro benzene ring substituents is 1. The number of aliphatic carboxylic acids is 1. The molecule has 8 heteroatoms. The molecule has 0 heterocycles. The zero-order chi connectivity index (χ0) is 17.0. The predicted molar refractivity (Wildman–Crippen MR) is 85.0 cm³/mol. The van der Waals surface area contributed by atoms with E-state index in [-0.39, 0.29) is 30.1 Å². The Bertz CT molecular complexity index is 586. The summed E-state index contributed by atoms with van der Waals surface area (Å²) < 4.78 is 5.05. The monoisotopic (exact) mass is 323 g/mol. The smallest absolute Gasteiger partial charge is 0.317 e. The molecule has 1 saturated carbocycles. The van der Waals surface area contributed by atoms with E-state index in [4.69, 9.17) is 9.84 Å². The van der Waals surface area contributed by atoms with Crippen LogP contribution >= 0.6 is 0 Å². The number of methoxy groups -OCH3 is 1. The maximum atomic E-state index is 10.9. The summed E-state index contributed by atoms with van der Waals surface area (Å²) in [4.78, 5) is 23.2. The maximum absolute atomic E-state index is 10.9. The van der Waals surface area contributed by atoms with Crippen LogP contribution in [0.1, 0.15) is 19.8 Å². The second-order valence-corrected chi connectivity index (χ2v) is 5.57. The first kappa shape index (κ1) is 17.0. The van der Waals surface area contributed by atoms with Gasteiger partial charge in [0.25, 0.3) is 0 Å². The van der Waals surface area contributed by atoms with Gasteiger partial charge in [-0.2, -0.15) is 0 Å². The van der Waals surface area contributed by atoms with Gasteiger partial charge in [-0.15, -0.1) is 0 Å². The number of carboxylic acid groups (broad SMARTS) is 1. The summed E-state index contributed by atoms with van der Waals surface area (Å²) in [6, 6.07) is 5.17. The Hall–Kier alpha value is -2.35. The Morgan fingerprint density at radius 3 is 2.74 bits per heavy atom. The van der Waals surface area contributed by atoms with Crippen molar-refractivity contribution >= 4 is 17.3 Å². The first-order chi connectivity index (χ1) is 10.9. The number of anilines is 1. The zero-order valence-electron chi connectivity index (χ0n) is 13.2. The number of carboxylic acids is 1. The third kappa shape index (κ3) is 4.10. The molecule has 1 aliphatic carbocycles. The van der Waals surface area contributed by atoms with Crippen molar-refractivity contribution in [2.75, 3.05) is 25.5 Å². The topological polar surface area (TPSA) is 105 Å². The summed E-state index contributed by atoms with van der Waals surface area (Å²) in [6.07, 6.45) is 1.70. The summed E-state index contributed by atoms with van der Waals surface area (Å²) in [5.41, 5.74) is 0.695. The number of hydrogen-bond donors (Lipinski definition) is 2. The molecule has 2 N–H and O–H groups in total. The molecule has 0 bridgehead atoms. The van der Waals surface area contributed by atoms with Crippen LogP contribution in [0.15, 0.2) is 18.2 Å². The van der Waals surface area contributed by atoms with Crippen molar-refractivity contribution in [1.82, 2.24) is 4.90 Å². The fourth-order valence-corrected chi connectivity index (χ4v) is 2.83. The molecule has 1 aromatic carbocycles. The molecule has 0 amide bonds. The summed E-state index contributed by atoms with van der Waals surface area (Å²) in [5.74, 6) is -0.597. The number of carbonyl (C=O) groups is 1. The van der Waals surface area contributed by atoms with Crippen molar-refractivity contribution in [2.24, 2.45) is 0 Å². The summed E-state index contributed by atoms with van der Waals surface area (Å²) in [7, 11) is 1.40. The van der Waals surface area contributed by atoms with Crippen LogP contribution in [-0.4, -0.2) is 53.2 Å². The lowest BCUT2D eigenvalue weighted by molar-refractivity contribution is -0.385. The molecule has 1 aromatic rings. The van der Waals surface area contributed by atoms with E-state index in [1.807, 2.05) is 11.8 Å². The zero-order valence-corrected chi connectivity index (χ0v) is 13.2. The number of nitrogens with one attached hydrogen (secondary N) is 1. The van der Waals surface area contributed by atoms with E-state index in [2.05, 4.69) is 5.32 Å². The summed E-state index contributed by atoms with van der Waals surface area (Å²) in [5, 5.41) is 23.1. The van der Waals surface area contributed by atoms with E-state index in [1.54, 1.807) is 12.1 Å². The minimum absolute atomic E-state index is 0.0548. The second kappa shape index (κ2) is 7.28. The SMILES string of the molecule is CCN(CC(=O)O)C1CC(Nc2ccc([N+](=O)[O-])c(OC)c2)C1. The van der Waals surface area contributed by atoms with Crippen LogP contribution in [0, 0.1) is 10.1 Å². The lowest BCUT2D eigenvalue weighted by atomic mass is 9.85. The normalized spacial score (nSPS) is 20.0. The van der Waals surface area contributed by atoms with Crippen LogP contribution in [0.25, 0.3) is 0 Å². The second-order valence-electron chi connectivity index (χ2n) is 5.57. The van der Waals surface area contributed by atoms with Gasteiger partial charge in [0, 0.05) is 29.9 Å². The van der Waals surface area contributed by atoms with Crippen LogP contribution < -0.4 is 10.1 Å². The molecule has 1 aliphatic rings. The van der Waals surface area contributed by atoms with Gasteiger partial charge in [0.15, 0.2) is 5.75 Å². The number of benzene rings is 1. The Morgan fingerprint density at radius 1 is 1.52 bits per heavy atom. The molecule has 0 atom stereocenters. The van der Waals surface area contributed by atoms with Gasteiger partial charge in [0.05, 0.1) is 18.6 Å². The summed E-state index contributed by atoms with van der Waals surface area (Å²) >= 11 is 0. The first-order valence-corrected chi connectivity index (χ1v) is 7.49. The fraction of sp³-hybridized carbons (Fsp3) is 0.533. The van der Waals surface area contributed by atoms with Gasteiger partial charge in [0.1, 0.15) is 0 Å². The molecule has 8 nitrogen and oxygen atoms in total. The Labute approximate surface area is 134 Å². The van der Waals surface area contributed by atoms with E-state index in [1.165, 1.54) is 13.2 Å². The van der Waals surface area contributed by atoms with E-state index >= 15 is 0 Å². The number of ether oxygens (including phenoxy) is 1. The molecule has 0 aromatic heterocycles. The largest absolute Gasteiger partial charge is 0.490 e. The van der Waals surface area contributed by atoms with Gasteiger partial charge in [-0.05, 0) is 25.5 Å². The number of nitrogens with zero attached hydrogens (tertiary/aromatic N) is 2. The molecule has 0 saturated heterocycles. The first-order valence-electron chi connectivity index (χ1n) is 7.49. The molecular weight excluding hydrogens is 302 g/mol. The highest BCUT2D eigenvalue weighted by Crippen LogP contribution is 2.33. The standard InChI is InChI=1S/C15H21N3O5/c1-3-17(9-15(19)20)12-6-11(7-12)16-10-4-5-13(18(21)22)14(8-10)23-2/h4-5,8,11-12,16H,3,6-7,9H2,1-2H3,(H,19,20). The molecule has 23 heavy (non-hydrogen) atoms. The summed E-state index contributed by atoms with van der Waals surface area (Å²) in [6.45, 7) is 2.71. The van der Waals surface area contributed by atoms with Crippen molar-refractivity contribution in [3.05, 3.63) is 28.3 Å². The van der Waals surface area contributed by atoms with Crippen molar-refractivity contribution in [3.8, 4) is 5.75 Å². The van der Waals surface area contributed by atoms with Crippen molar-refractivity contribution in [3.63, 3.8) is 0 Å².